The van der Waals surface area contributed by atoms with Crippen LogP contribution in [0.15, 0.2) is 65.9 Å². The number of carbonyl (C=O) groups excluding carboxylic acids is 1. The van der Waals surface area contributed by atoms with E-state index >= 15 is 0 Å². The molecule has 0 N–H and O–H groups in total. The fraction of sp³-hybridized carbons (Fsp3) is 0.280. The number of nitrogens with zero attached hydrogens (tertiary/aromatic N) is 3. The molecule has 2 heterocycles. The Morgan fingerprint density at radius 2 is 1.72 bits per heavy atom. The number of carbonyl (C=O) groups is 1. The van der Waals surface area contributed by atoms with Gasteiger partial charge < -0.3 is 14.3 Å². The molecule has 0 saturated heterocycles. The highest BCUT2D eigenvalue weighted by molar-refractivity contribution is 5.97. The first-order chi connectivity index (χ1) is 15.4. The topological polar surface area (TPSA) is 65.8 Å². The van der Waals surface area contributed by atoms with Gasteiger partial charge in [-0.05, 0) is 50.1 Å². The monoisotopic (exact) mass is 433 g/mol. The lowest BCUT2D eigenvalue weighted by molar-refractivity contribution is -0.126. The molecule has 32 heavy (non-hydrogen) atoms. The summed E-state index contributed by atoms with van der Waals surface area (Å²) in [6.07, 6.45) is 0. The summed E-state index contributed by atoms with van der Waals surface area (Å²) in [5, 5.41) is 6.22. The molecule has 7 nitrogen and oxygen atoms in total. The number of ether oxygens (including phenoxy) is 2. The average Bonchev–Trinajstić information content (AvgIpc) is 3.31. The second kappa shape index (κ2) is 8.88. The van der Waals surface area contributed by atoms with Crippen LogP contribution in [0.25, 0.3) is 0 Å². The Morgan fingerprint density at radius 1 is 1.00 bits per heavy atom. The standard InChI is InChI=1S/C25H27N3O4/c1-16-13-17(2)28(26-16)25(29)23-18(3)32-27(24(23)20-9-7-6-8-10-20)15-19-11-12-21(30-4)22(14-19)31-5/h6-14,24H,15H2,1-5H3/t24-/m1/s1. The normalized spacial score (nSPS) is 16.2. The lowest BCUT2D eigenvalue weighted by atomic mass is 9.97. The summed E-state index contributed by atoms with van der Waals surface area (Å²) in [5.41, 5.74) is 4.10. The van der Waals surface area contributed by atoms with Crippen molar-refractivity contribution >= 4 is 5.91 Å². The van der Waals surface area contributed by atoms with Crippen LogP contribution < -0.4 is 9.47 Å². The van der Waals surface area contributed by atoms with Crippen molar-refractivity contribution in [3.8, 4) is 11.5 Å². The third kappa shape index (κ3) is 3.99. The van der Waals surface area contributed by atoms with Crippen molar-refractivity contribution in [1.29, 1.82) is 0 Å². The number of hydrogen-bond donors (Lipinski definition) is 0. The van der Waals surface area contributed by atoms with E-state index in [-0.39, 0.29) is 11.9 Å². The molecule has 1 aliphatic rings. The number of hydroxylamine groups is 2. The molecule has 1 atom stereocenters. The molecule has 0 aliphatic carbocycles. The number of aryl methyl sites for hydroxylation is 2. The molecule has 1 aliphatic heterocycles. The molecular weight excluding hydrogens is 406 g/mol. The van der Waals surface area contributed by atoms with Crippen LogP contribution in [0.5, 0.6) is 11.5 Å². The summed E-state index contributed by atoms with van der Waals surface area (Å²) in [6, 6.07) is 17.1. The number of aromatic nitrogens is 2. The van der Waals surface area contributed by atoms with Gasteiger partial charge in [0.05, 0.1) is 32.0 Å². The second-order valence-electron chi connectivity index (χ2n) is 7.78. The molecule has 0 unspecified atom stereocenters. The zero-order valence-electron chi connectivity index (χ0n) is 19.0. The van der Waals surface area contributed by atoms with Gasteiger partial charge in [-0.25, -0.2) is 4.68 Å². The van der Waals surface area contributed by atoms with Gasteiger partial charge in [0.15, 0.2) is 11.5 Å². The minimum Gasteiger partial charge on any atom is -0.493 e. The minimum absolute atomic E-state index is 0.184. The van der Waals surface area contributed by atoms with Gasteiger partial charge in [-0.3, -0.25) is 4.79 Å². The zero-order valence-corrected chi connectivity index (χ0v) is 19.0. The molecule has 166 valence electrons. The summed E-state index contributed by atoms with van der Waals surface area (Å²) in [7, 11) is 3.22. The largest absolute Gasteiger partial charge is 0.493 e. The molecule has 0 radical (unpaired) electrons. The van der Waals surface area contributed by atoms with Gasteiger partial charge >= 0.3 is 0 Å². The molecular formula is C25H27N3O4. The Hall–Kier alpha value is -3.58. The maximum absolute atomic E-state index is 13.6. The first kappa shape index (κ1) is 21.6. The summed E-state index contributed by atoms with van der Waals surface area (Å²) in [5.74, 6) is 1.69. The van der Waals surface area contributed by atoms with Crippen LogP contribution in [0.3, 0.4) is 0 Å². The van der Waals surface area contributed by atoms with E-state index in [1.165, 1.54) is 4.68 Å². The average molecular weight is 434 g/mol. The van der Waals surface area contributed by atoms with Crippen LogP contribution in [0.4, 0.5) is 0 Å². The maximum Gasteiger partial charge on any atom is 0.279 e. The molecule has 0 bridgehead atoms. The van der Waals surface area contributed by atoms with Gasteiger partial charge in [0, 0.05) is 5.69 Å². The van der Waals surface area contributed by atoms with Gasteiger partial charge in [-0.2, -0.15) is 5.10 Å². The number of rotatable bonds is 6. The molecule has 4 rings (SSSR count). The smallest absolute Gasteiger partial charge is 0.279 e. The Balaban J connectivity index is 1.71. The Labute approximate surface area is 187 Å². The van der Waals surface area contributed by atoms with E-state index < -0.39 is 0 Å². The van der Waals surface area contributed by atoms with E-state index in [1.807, 2.05) is 80.4 Å². The third-order valence-electron chi connectivity index (χ3n) is 5.53. The van der Waals surface area contributed by atoms with Crippen LogP contribution in [0, 0.1) is 13.8 Å². The van der Waals surface area contributed by atoms with E-state index in [1.54, 1.807) is 14.2 Å². The fourth-order valence-electron chi connectivity index (χ4n) is 4.08. The van der Waals surface area contributed by atoms with Crippen molar-refractivity contribution in [2.45, 2.75) is 33.4 Å². The molecule has 0 fully saturated rings. The third-order valence-corrected chi connectivity index (χ3v) is 5.53. The van der Waals surface area contributed by atoms with Gasteiger partial charge in [-0.1, -0.05) is 36.4 Å². The lowest BCUT2D eigenvalue weighted by Crippen LogP contribution is -2.28. The van der Waals surface area contributed by atoms with Crippen molar-refractivity contribution in [1.82, 2.24) is 14.8 Å². The van der Waals surface area contributed by atoms with E-state index in [4.69, 9.17) is 14.3 Å². The van der Waals surface area contributed by atoms with E-state index in [2.05, 4.69) is 5.10 Å². The van der Waals surface area contributed by atoms with E-state index in [0.29, 0.717) is 29.4 Å². The van der Waals surface area contributed by atoms with Crippen LogP contribution in [-0.2, 0) is 11.4 Å². The number of hydrogen-bond acceptors (Lipinski definition) is 6. The van der Waals surface area contributed by atoms with Crippen molar-refractivity contribution in [2.75, 3.05) is 14.2 Å². The first-order valence-electron chi connectivity index (χ1n) is 10.4. The van der Waals surface area contributed by atoms with Crippen molar-refractivity contribution in [2.24, 2.45) is 0 Å². The van der Waals surface area contributed by atoms with Crippen LogP contribution in [0.1, 0.15) is 40.3 Å². The second-order valence-corrected chi connectivity index (χ2v) is 7.78. The van der Waals surface area contributed by atoms with Gasteiger partial charge in [0.1, 0.15) is 11.8 Å². The van der Waals surface area contributed by atoms with E-state index in [9.17, 15) is 4.79 Å². The minimum atomic E-state index is -0.374. The van der Waals surface area contributed by atoms with Crippen LogP contribution >= 0.6 is 0 Å². The summed E-state index contributed by atoms with van der Waals surface area (Å²) < 4.78 is 12.2. The van der Waals surface area contributed by atoms with Crippen molar-refractivity contribution in [3.63, 3.8) is 0 Å². The summed E-state index contributed by atoms with van der Waals surface area (Å²) >= 11 is 0. The van der Waals surface area contributed by atoms with Crippen molar-refractivity contribution < 1.29 is 19.1 Å². The number of benzene rings is 2. The highest BCUT2D eigenvalue weighted by Gasteiger charge is 2.39. The predicted molar refractivity (Wildman–Crippen MR) is 120 cm³/mol. The van der Waals surface area contributed by atoms with Gasteiger partial charge in [0.2, 0.25) is 0 Å². The number of methoxy groups -OCH3 is 2. The molecule has 2 aromatic carbocycles. The highest BCUT2D eigenvalue weighted by Crippen LogP contribution is 2.40. The molecule has 0 amide bonds. The van der Waals surface area contributed by atoms with Crippen molar-refractivity contribution in [3.05, 3.63) is 88.4 Å². The predicted octanol–water partition coefficient (Wildman–Crippen LogP) is 4.62. The SMILES string of the molecule is COc1ccc(CN2OC(C)=C(C(=O)n3nc(C)cc3C)[C@H]2c2ccccc2)cc1OC. The van der Waals surface area contributed by atoms with Gasteiger partial charge in [-0.15, -0.1) is 5.06 Å². The molecule has 3 aromatic rings. The van der Waals surface area contributed by atoms with Crippen LogP contribution in [0.2, 0.25) is 0 Å². The Bertz CT molecular complexity index is 1170. The molecule has 0 spiro atoms. The van der Waals surface area contributed by atoms with Crippen LogP contribution in [-0.4, -0.2) is 35.0 Å². The Kier molecular flexibility index (Phi) is 6.01. The maximum atomic E-state index is 13.6. The molecule has 7 heteroatoms. The molecule has 0 saturated carbocycles. The Morgan fingerprint density at radius 3 is 2.34 bits per heavy atom. The summed E-state index contributed by atoms with van der Waals surface area (Å²) in [4.78, 5) is 19.7. The van der Waals surface area contributed by atoms with E-state index in [0.717, 1.165) is 22.5 Å². The highest BCUT2D eigenvalue weighted by atomic mass is 16.7. The quantitative estimate of drug-likeness (QED) is 0.565. The number of allylic oxidation sites excluding steroid dienone is 1. The fourth-order valence-corrected chi connectivity index (χ4v) is 4.08. The summed E-state index contributed by atoms with van der Waals surface area (Å²) in [6.45, 7) is 6.03. The first-order valence-corrected chi connectivity index (χ1v) is 10.4. The molecule has 1 aromatic heterocycles. The zero-order chi connectivity index (χ0) is 22.8. The van der Waals surface area contributed by atoms with Gasteiger partial charge in [0.25, 0.3) is 5.91 Å². The lowest BCUT2D eigenvalue weighted by Gasteiger charge is -2.25.